The molecule has 4 heteroatoms. The van der Waals surface area contributed by atoms with Crippen molar-refractivity contribution in [1.29, 1.82) is 0 Å². The molecule has 0 aliphatic heterocycles. The third-order valence-corrected chi connectivity index (χ3v) is 2.33. The molecular formula is C12H17ClN2O. The molecule has 0 spiro atoms. The van der Waals surface area contributed by atoms with Crippen LogP contribution >= 0.6 is 11.6 Å². The number of nitrogen functional groups attached to an aromatic ring is 1. The highest BCUT2D eigenvalue weighted by Gasteiger charge is 1.99. The number of nitrogens with two attached hydrogens (primary N) is 1. The molecule has 0 atom stereocenters. The zero-order valence-electron chi connectivity index (χ0n) is 9.21. The lowest BCUT2D eigenvalue weighted by molar-refractivity contribution is 0.149. The lowest BCUT2D eigenvalue weighted by atomic mass is 10.3. The first kappa shape index (κ1) is 12.9. The summed E-state index contributed by atoms with van der Waals surface area (Å²) in [5.74, 6) is 0. The molecule has 1 rings (SSSR count). The van der Waals surface area contributed by atoms with Crippen LogP contribution in [0.25, 0.3) is 0 Å². The van der Waals surface area contributed by atoms with Gasteiger partial charge in [0.1, 0.15) is 0 Å². The molecule has 3 N–H and O–H groups in total. The number of anilines is 2. The molecule has 1 aromatic carbocycles. The van der Waals surface area contributed by atoms with Crippen molar-refractivity contribution in [3.05, 3.63) is 35.9 Å². The van der Waals surface area contributed by atoms with Crippen molar-refractivity contribution in [2.24, 2.45) is 0 Å². The van der Waals surface area contributed by atoms with E-state index < -0.39 is 0 Å². The van der Waals surface area contributed by atoms with Gasteiger partial charge in [-0.2, -0.15) is 0 Å². The van der Waals surface area contributed by atoms with Gasteiger partial charge in [0.05, 0.1) is 23.9 Å². The summed E-state index contributed by atoms with van der Waals surface area (Å²) in [4.78, 5) is 0. The second-order valence-corrected chi connectivity index (χ2v) is 3.76. The Hall–Kier alpha value is -1.19. The summed E-state index contributed by atoms with van der Waals surface area (Å²) in [6.45, 7) is 5.70. The quantitative estimate of drug-likeness (QED) is 0.438. The minimum atomic E-state index is 0.631. The zero-order chi connectivity index (χ0) is 11.8. The molecule has 0 aliphatic carbocycles. The van der Waals surface area contributed by atoms with E-state index >= 15 is 0 Å². The SMILES string of the molecule is C=CCCOCCNc1ccc(N)cc1Cl. The van der Waals surface area contributed by atoms with E-state index in [4.69, 9.17) is 22.1 Å². The summed E-state index contributed by atoms with van der Waals surface area (Å²) in [5.41, 5.74) is 7.13. The summed E-state index contributed by atoms with van der Waals surface area (Å²) in [7, 11) is 0. The van der Waals surface area contributed by atoms with Crippen LogP contribution in [-0.4, -0.2) is 19.8 Å². The summed E-state index contributed by atoms with van der Waals surface area (Å²) >= 11 is 6.00. The standard InChI is InChI=1S/C12H17ClN2O/c1-2-3-7-16-8-6-15-12-5-4-10(14)9-11(12)13/h2,4-5,9,15H,1,3,6-8,14H2. The molecule has 0 heterocycles. The fourth-order valence-corrected chi connectivity index (χ4v) is 1.46. The Morgan fingerprint density at radius 2 is 2.25 bits per heavy atom. The van der Waals surface area contributed by atoms with Crippen LogP contribution in [-0.2, 0) is 4.74 Å². The van der Waals surface area contributed by atoms with Crippen molar-refractivity contribution in [2.75, 3.05) is 30.8 Å². The lowest BCUT2D eigenvalue weighted by Gasteiger charge is -2.09. The molecular weight excluding hydrogens is 224 g/mol. The first-order chi connectivity index (χ1) is 7.74. The van der Waals surface area contributed by atoms with Gasteiger partial charge < -0.3 is 15.8 Å². The summed E-state index contributed by atoms with van der Waals surface area (Å²) in [6, 6.07) is 5.40. The number of benzene rings is 1. The number of hydrogen-bond donors (Lipinski definition) is 2. The predicted molar refractivity (Wildman–Crippen MR) is 70.0 cm³/mol. The highest BCUT2D eigenvalue weighted by molar-refractivity contribution is 6.33. The van der Waals surface area contributed by atoms with Gasteiger partial charge in [0.25, 0.3) is 0 Å². The van der Waals surface area contributed by atoms with Crippen molar-refractivity contribution in [3.8, 4) is 0 Å². The number of ether oxygens (including phenoxy) is 1. The van der Waals surface area contributed by atoms with E-state index in [1.807, 2.05) is 18.2 Å². The Balaban J connectivity index is 2.24. The third-order valence-electron chi connectivity index (χ3n) is 2.02. The average molecular weight is 241 g/mol. The predicted octanol–water partition coefficient (Wildman–Crippen LogP) is 2.93. The topological polar surface area (TPSA) is 47.3 Å². The van der Waals surface area contributed by atoms with Crippen molar-refractivity contribution < 1.29 is 4.74 Å². The largest absolute Gasteiger partial charge is 0.399 e. The normalized spacial score (nSPS) is 10.1. The number of halogens is 1. The molecule has 0 radical (unpaired) electrons. The average Bonchev–Trinajstić information content (AvgIpc) is 2.26. The Morgan fingerprint density at radius 3 is 2.94 bits per heavy atom. The van der Waals surface area contributed by atoms with Crippen molar-refractivity contribution >= 4 is 23.0 Å². The second kappa shape index (κ2) is 7.14. The van der Waals surface area contributed by atoms with Gasteiger partial charge in [0.15, 0.2) is 0 Å². The zero-order valence-corrected chi connectivity index (χ0v) is 9.96. The number of hydrogen-bond acceptors (Lipinski definition) is 3. The van der Waals surface area contributed by atoms with E-state index in [0.717, 1.165) is 18.7 Å². The van der Waals surface area contributed by atoms with Crippen LogP contribution in [0, 0.1) is 0 Å². The molecule has 3 nitrogen and oxygen atoms in total. The van der Waals surface area contributed by atoms with Crippen molar-refractivity contribution in [1.82, 2.24) is 0 Å². The molecule has 16 heavy (non-hydrogen) atoms. The van der Waals surface area contributed by atoms with Crippen molar-refractivity contribution in [3.63, 3.8) is 0 Å². The van der Waals surface area contributed by atoms with Gasteiger partial charge >= 0.3 is 0 Å². The second-order valence-electron chi connectivity index (χ2n) is 3.36. The fourth-order valence-electron chi connectivity index (χ4n) is 1.20. The first-order valence-corrected chi connectivity index (χ1v) is 5.59. The maximum absolute atomic E-state index is 6.00. The lowest BCUT2D eigenvalue weighted by Crippen LogP contribution is -2.10. The van der Waals surface area contributed by atoms with E-state index in [2.05, 4.69) is 11.9 Å². The summed E-state index contributed by atoms with van der Waals surface area (Å²) < 4.78 is 5.36. The fraction of sp³-hybridized carbons (Fsp3) is 0.333. The minimum absolute atomic E-state index is 0.631. The highest BCUT2D eigenvalue weighted by atomic mass is 35.5. The van der Waals surface area contributed by atoms with Gasteiger partial charge in [-0.3, -0.25) is 0 Å². The molecule has 0 aromatic heterocycles. The van der Waals surface area contributed by atoms with E-state index in [9.17, 15) is 0 Å². The molecule has 0 saturated heterocycles. The Kier molecular flexibility index (Phi) is 5.75. The van der Waals surface area contributed by atoms with Gasteiger partial charge in [-0.1, -0.05) is 17.7 Å². The van der Waals surface area contributed by atoms with E-state index in [-0.39, 0.29) is 0 Å². The van der Waals surface area contributed by atoms with Crippen LogP contribution in [0.15, 0.2) is 30.9 Å². The monoisotopic (exact) mass is 240 g/mol. The van der Waals surface area contributed by atoms with Gasteiger partial charge in [0, 0.05) is 12.2 Å². The van der Waals surface area contributed by atoms with Crippen LogP contribution in [0.1, 0.15) is 6.42 Å². The van der Waals surface area contributed by atoms with Crippen LogP contribution in [0.4, 0.5) is 11.4 Å². The van der Waals surface area contributed by atoms with E-state index in [1.165, 1.54) is 0 Å². The third kappa shape index (κ3) is 4.55. The maximum Gasteiger partial charge on any atom is 0.0657 e. The van der Waals surface area contributed by atoms with E-state index in [0.29, 0.717) is 23.9 Å². The summed E-state index contributed by atoms with van der Waals surface area (Å²) in [5, 5.41) is 3.81. The smallest absolute Gasteiger partial charge is 0.0657 e. The van der Waals surface area contributed by atoms with Crippen LogP contribution in [0.5, 0.6) is 0 Å². The van der Waals surface area contributed by atoms with Gasteiger partial charge in [-0.15, -0.1) is 6.58 Å². The Morgan fingerprint density at radius 1 is 1.44 bits per heavy atom. The Labute approximate surface area is 101 Å². The Bertz CT molecular complexity index is 342. The van der Waals surface area contributed by atoms with E-state index in [1.54, 1.807) is 6.07 Å². The molecule has 88 valence electrons. The molecule has 0 bridgehead atoms. The van der Waals surface area contributed by atoms with Gasteiger partial charge in [-0.25, -0.2) is 0 Å². The maximum atomic E-state index is 6.00. The van der Waals surface area contributed by atoms with Gasteiger partial charge in [-0.05, 0) is 24.6 Å². The van der Waals surface area contributed by atoms with Crippen molar-refractivity contribution in [2.45, 2.75) is 6.42 Å². The minimum Gasteiger partial charge on any atom is -0.399 e. The van der Waals surface area contributed by atoms with Crippen LogP contribution in [0.3, 0.4) is 0 Å². The van der Waals surface area contributed by atoms with Crippen LogP contribution in [0.2, 0.25) is 5.02 Å². The highest BCUT2D eigenvalue weighted by Crippen LogP contribution is 2.23. The molecule has 1 aromatic rings. The molecule has 0 unspecified atom stereocenters. The first-order valence-electron chi connectivity index (χ1n) is 5.21. The molecule has 0 aliphatic rings. The number of nitrogens with one attached hydrogen (secondary N) is 1. The number of rotatable bonds is 7. The summed E-state index contributed by atoms with van der Waals surface area (Å²) in [6.07, 6.45) is 2.72. The van der Waals surface area contributed by atoms with Crippen LogP contribution < -0.4 is 11.1 Å². The van der Waals surface area contributed by atoms with Gasteiger partial charge in [0.2, 0.25) is 0 Å². The molecule has 0 amide bonds. The molecule has 0 saturated carbocycles. The molecule has 0 fully saturated rings.